The van der Waals surface area contributed by atoms with E-state index < -0.39 is 17.9 Å². The second-order valence-electron chi connectivity index (χ2n) is 6.18. The average molecular weight is 376 g/mol. The zero-order valence-electron chi connectivity index (χ0n) is 14.2. The molecule has 26 heavy (non-hydrogen) atoms. The molecule has 0 spiro atoms. The number of amides is 1. The van der Waals surface area contributed by atoms with Gasteiger partial charge in [-0.25, -0.2) is 9.18 Å². The molecule has 2 aromatic carbocycles. The van der Waals surface area contributed by atoms with Crippen molar-refractivity contribution in [2.75, 3.05) is 13.1 Å². The van der Waals surface area contributed by atoms with Gasteiger partial charge in [0.25, 0.3) is 5.91 Å². The first-order valence-corrected chi connectivity index (χ1v) is 8.94. The van der Waals surface area contributed by atoms with Crippen molar-refractivity contribution in [3.8, 4) is 0 Å². The van der Waals surface area contributed by atoms with Gasteiger partial charge in [-0.1, -0.05) is 48.0 Å². The van der Waals surface area contributed by atoms with E-state index in [1.54, 1.807) is 29.2 Å². The summed E-state index contributed by atoms with van der Waals surface area (Å²) in [5, 5.41) is -0.0489. The molecule has 6 heteroatoms. The number of benzene rings is 2. The molecule has 0 aromatic heterocycles. The number of hydrogen-bond donors (Lipinski definition) is 0. The molecule has 0 bridgehead atoms. The number of carbonyl (C=O) groups is 2. The first kappa shape index (κ1) is 18.4. The summed E-state index contributed by atoms with van der Waals surface area (Å²) in [6.45, 7) is 1.25. The number of hydrogen-bond acceptors (Lipinski definition) is 3. The van der Waals surface area contributed by atoms with Gasteiger partial charge in [-0.2, -0.15) is 0 Å². The predicted octanol–water partition coefficient (Wildman–Crippen LogP) is 4.39. The maximum atomic E-state index is 14.0. The van der Waals surface area contributed by atoms with Gasteiger partial charge in [0.15, 0.2) is 0 Å². The second kappa shape index (κ2) is 8.32. The Balaban J connectivity index is 1.88. The van der Waals surface area contributed by atoms with Crippen LogP contribution in [0.25, 0.3) is 0 Å². The summed E-state index contributed by atoms with van der Waals surface area (Å²) in [6, 6.07) is 12.7. The van der Waals surface area contributed by atoms with Gasteiger partial charge < -0.3 is 9.64 Å². The lowest BCUT2D eigenvalue weighted by Crippen LogP contribution is -2.40. The molecule has 1 aliphatic rings. The smallest absolute Gasteiger partial charge is 0.343 e. The van der Waals surface area contributed by atoms with Crippen LogP contribution in [0.5, 0.6) is 0 Å². The Morgan fingerprint density at radius 3 is 2.35 bits per heavy atom. The first-order chi connectivity index (χ1) is 12.6. The summed E-state index contributed by atoms with van der Waals surface area (Å²) >= 11 is 5.95. The van der Waals surface area contributed by atoms with E-state index >= 15 is 0 Å². The normalized spacial score (nSPS) is 15.4. The molecule has 0 aliphatic carbocycles. The molecule has 0 N–H and O–H groups in total. The van der Waals surface area contributed by atoms with Gasteiger partial charge in [-0.05, 0) is 31.4 Å². The minimum absolute atomic E-state index is 0.0489. The number of esters is 1. The minimum Gasteiger partial charge on any atom is -0.444 e. The van der Waals surface area contributed by atoms with Crippen molar-refractivity contribution >= 4 is 23.5 Å². The van der Waals surface area contributed by atoms with Gasteiger partial charge in [0.05, 0.1) is 5.02 Å². The molecule has 2 aromatic rings. The van der Waals surface area contributed by atoms with Crippen LogP contribution in [0.2, 0.25) is 5.02 Å². The zero-order valence-corrected chi connectivity index (χ0v) is 14.9. The molecular weight excluding hydrogens is 357 g/mol. The summed E-state index contributed by atoms with van der Waals surface area (Å²) in [5.41, 5.74) is 0.186. The van der Waals surface area contributed by atoms with E-state index in [9.17, 15) is 14.0 Å². The summed E-state index contributed by atoms with van der Waals surface area (Å²) < 4.78 is 19.5. The van der Waals surface area contributed by atoms with Crippen LogP contribution in [-0.2, 0) is 9.53 Å². The summed E-state index contributed by atoms with van der Waals surface area (Å²) in [6.07, 6.45) is 1.78. The lowest BCUT2D eigenvalue weighted by atomic mass is 10.1. The molecule has 1 fully saturated rings. The Kier molecular flexibility index (Phi) is 5.89. The van der Waals surface area contributed by atoms with Gasteiger partial charge >= 0.3 is 5.97 Å². The van der Waals surface area contributed by atoms with Crippen LogP contribution in [0.1, 0.15) is 41.3 Å². The highest BCUT2D eigenvalue weighted by Crippen LogP contribution is 2.27. The van der Waals surface area contributed by atoms with Gasteiger partial charge in [0, 0.05) is 18.7 Å². The van der Waals surface area contributed by atoms with E-state index in [4.69, 9.17) is 16.3 Å². The minimum atomic E-state index is -1.13. The molecule has 0 unspecified atom stereocenters. The predicted molar refractivity (Wildman–Crippen MR) is 96.4 cm³/mol. The fraction of sp³-hybridized carbons (Fsp3) is 0.300. The van der Waals surface area contributed by atoms with Crippen molar-refractivity contribution in [3.05, 3.63) is 70.5 Å². The lowest BCUT2D eigenvalue weighted by molar-refractivity contribution is -0.142. The first-order valence-electron chi connectivity index (χ1n) is 8.56. The van der Waals surface area contributed by atoms with Crippen molar-refractivity contribution in [2.24, 2.45) is 0 Å². The zero-order chi connectivity index (χ0) is 18.5. The van der Waals surface area contributed by atoms with E-state index in [1.165, 1.54) is 12.1 Å². The quantitative estimate of drug-likeness (QED) is 0.744. The maximum absolute atomic E-state index is 14.0. The fourth-order valence-electron chi connectivity index (χ4n) is 3.03. The Morgan fingerprint density at radius 1 is 1.00 bits per heavy atom. The van der Waals surface area contributed by atoms with Gasteiger partial charge in [0.2, 0.25) is 6.10 Å². The van der Waals surface area contributed by atoms with Crippen molar-refractivity contribution < 1.29 is 18.7 Å². The number of rotatable bonds is 4. The van der Waals surface area contributed by atoms with Crippen LogP contribution in [0.4, 0.5) is 4.39 Å². The third kappa shape index (κ3) is 4.05. The molecule has 0 saturated carbocycles. The van der Waals surface area contributed by atoms with Crippen molar-refractivity contribution in [1.29, 1.82) is 0 Å². The third-order valence-electron chi connectivity index (χ3n) is 4.39. The van der Waals surface area contributed by atoms with Gasteiger partial charge in [-0.3, -0.25) is 4.79 Å². The molecule has 1 saturated heterocycles. The van der Waals surface area contributed by atoms with E-state index in [0.717, 1.165) is 25.3 Å². The number of nitrogens with zero attached hydrogens (tertiary/aromatic N) is 1. The molecule has 1 heterocycles. The van der Waals surface area contributed by atoms with Crippen molar-refractivity contribution in [1.82, 2.24) is 4.90 Å². The van der Waals surface area contributed by atoms with Crippen molar-refractivity contribution in [2.45, 2.75) is 25.4 Å². The third-order valence-corrected chi connectivity index (χ3v) is 4.70. The van der Waals surface area contributed by atoms with E-state index in [1.807, 2.05) is 6.07 Å². The number of piperidine rings is 1. The number of carbonyl (C=O) groups excluding carboxylic acids is 2. The Morgan fingerprint density at radius 2 is 1.69 bits per heavy atom. The standard InChI is InChI=1S/C20H19ClFNO3/c21-15-10-7-11-16(22)17(15)20(25)26-18(14-8-3-1-4-9-14)19(24)23-12-5-2-6-13-23/h1,3-4,7-11,18H,2,5-6,12-13H2/t18-/m1/s1. The maximum Gasteiger partial charge on any atom is 0.343 e. The van der Waals surface area contributed by atoms with Crippen LogP contribution >= 0.6 is 11.6 Å². The highest BCUT2D eigenvalue weighted by Gasteiger charge is 2.31. The summed E-state index contributed by atoms with van der Waals surface area (Å²) in [5.74, 6) is -2.02. The molecule has 1 aliphatic heterocycles. The summed E-state index contributed by atoms with van der Waals surface area (Å²) in [4.78, 5) is 27.2. The monoisotopic (exact) mass is 375 g/mol. The molecule has 0 radical (unpaired) electrons. The Hall–Kier alpha value is -2.40. The average Bonchev–Trinajstić information content (AvgIpc) is 2.67. The van der Waals surface area contributed by atoms with Crippen LogP contribution in [0.3, 0.4) is 0 Å². The van der Waals surface area contributed by atoms with Crippen LogP contribution in [0, 0.1) is 5.82 Å². The number of ether oxygens (including phenoxy) is 1. The summed E-state index contributed by atoms with van der Waals surface area (Å²) in [7, 11) is 0. The highest BCUT2D eigenvalue weighted by atomic mass is 35.5. The largest absolute Gasteiger partial charge is 0.444 e. The van der Waals surface area contributed by atoms with Crippen molar-refractivity contribution in [3.63, 3.8) is 0 Å². The van der Waals surface area contributed by atoms with E-state index in [2.05, 4.69) is 0 Å². The van der Waals surface area contributed by atoms with Crippen LogP contribution in [-0.4, -0.2) is 29.9 Å². The van der Waals surface area contributed by atoms with Crippen LogP contribution < -0.4 is 0 Å². The highest BCUT2D eigenvalue weighted by molar-refractivity contribution is 6.33. The fourth-order valence-corrected chi connectivity index (χ4v) is 3.27. The number of likely N-dealkylation sites (tertiary alicyclic amines) is 1. The molecule has 3 rings (SSSR count). The molecule has 1 atom stereocenters. The van der Waals surface area contributed by atoms with Crippen LogP contribution in [0.15, 0.2) is 48.5 Å². The topological polar surface area (TPSA) is 46.6 Å². The molecule has 136 valence electrons. The number of halogens is 2. The molecular formula is C20H19ClFNO3. The van der Waals surface area contributed by atoms with E-state index in [-0.39, 0.29) is 16.5 Å². The van der Waals surface area contributed by atoms with Gasteiger partial charge in [-0.15, -0.1) is 0 Å². The Bertz CT molecular complexity index is 771. The molecule has 4 nitrogen and oxygen atoms in total. The lowest BCUT2D eigenvalue weighted by Gasteiger charge is -2.30. The Labute approximate surface area is 156 Å². The SMILES string of the molecule is O=C(O[C@@H](C(=O)N1CCCCC1)c1ccccc1)c1c(F)cccc1Cl. The molecule has 1 amide bonds. The second-order valence-corrected chi connectivity index (χ2v) is 6.59. The van der Waals surface area contributed by atoms with E-state index in [0.29, 0.717) is 18.7 Å². The van der Waals surface area contributed by atoms with Gasteiger partial charge in [0.1, 0.15) is 11.4 Å².